The van der Waals surface area contributed by atoms with Crippen molar-refractivity contribution in [3.05, 3.63) is 28.2 Å². The molecule has 1 aromatic carbocycles. The van der Waals surface area contributed by atoms with E-state index in [1.807, 2.05) is 18.2 Å². The van der Waals surface area contributed by atoms with Crippen molar-refractivity contribution in [3.63, 3.8) is 0 Å². The second-order valence-electron chi connectivity index (χ2n) is 3.13. The van der Waals surface area contributed by atoms with Crippen molar-refractivity contribution in [2.24, 2.45) is 0 Å². The lowest BCUT2D eigenvalue weighted by Gasteiger charge is -2.04. The Bertz CT molecular complexity index is 352. The molecular formula is C11H13BrO2S. The maximum absolute atomic E-state index is 11.1. The molecule has 2 nitrogen and oxygen atoms in total. The first-order valence-electron chi connectivity index (χ1n) is 4.69. The number of aliphatic hydroxyl groups is 1. The van der Waals surface area contributed by atoms with E-state index in [1.165, 1.54) is 0 Å². The minimum atomic E-state index is 0.0719. The van der Waals surface area contributed by atoms with E-state index >= 15 is 0 Å². The first kappa shape index (κ1) is 12.7. The summed E-state index contributed by atoms with van der Waals surface area (Å²) in [7, 11) is 0. The number of hydrogen-bond donors (Lipinski definition) is 1. The molecule has 0 spiro atoms. The monoisotopic (exact) mass is 288 g/mol. The van der Waals surface area contributed by atoms with Gasteiger partial charge in [0.15, 0.2) is 5.78 Å². The van der Waals surface area contributed by atoms with E-state index in [-0.39, 0.29) is 12.4 Å². The van der Waals surface area contributed by atoms with Gasteiger partial charge in [0, 0.05) is 27.3 Å². The van der Waals surface area contributed by atoms with Crippen LogP contribution >= 0.6 is 27.7 Å². The van der Waals surface area contributed by atoms with Gasteiger partial charge in [-0.1, -0.05) is 6.07 Å². The summed E-state index contributed by atoms with van der Waals surface area (Å²) in [5.41, 5.74) is 0.716. The molecule has 0 saturated heterocycles. The number of carbonyl (C=O) groups excluding carboxylic acids is 1. The molecule has 0 saturated carbocycles. The predicted molar refractivity (Wildman–Crippen MR) is 66.6 cm³/mol. The second-order valence-corrected chi connectivity index (χ2v) is 5.12. The third kappa shape index (κ3) is 3.97. The molecule has 0 aliphatic heterocycles. The third-order valence-corrected chi connectivity index (χ3v) is 3.98. The summed E-state index contributed by atoms with van der Waals surface area (Å²) in [6.07, 6.45) is 0.783. The Morgan fingerprint density at radius 1 is 1.53 bits per heavy atom. The largest absolute Gasteiger partial charge is 0.396 e. The topological polar surface area (TPSA) is 37.3 Å². The maximum atomic E-state index is 11.1. The minimum Gasteiger partial charge on any atom is -0.396 e. The number of carbonyl (C=O) groups is 1. The molecule has 0 aromatic heterocycles. The van der Waals surface area contributed by atoms with E-state index in [0.29, 0.717) is 5.56 Å². The van der Waals surface area contributed by atoms with E-state index in [9.17, 15) is 4.79 Å². The molecule has 0 aliphatic carbocycles. The quantitative estimate of drug-likeness (QED) is 0.514. The van der Waals surface area contributed by atoms with Gasteiger partial charge in [0.1, 0.15) is 0 Å². The molecule has 0 amide bonds. The number of aliphatic hydroxyl groups excluding tert-OH is 1. The number of thioether (sulfide) groups is 1. The zero-order chi connectivity index (χ0) is 11.3. The molecule has 0 aliphatic rings. The lowest BCUT2D eigenvalue weighted by molar-refractivity contribution is 0.101. The van der Waals surface area contributed by atoms with Crippen LogP contribution in [0, 0.1) is 0 Å². The summed E-state index contributed by atoms with van der Waals surface area (Å²) in [5.74, 6) is 0.955. The lowest BCUT2D eigenvalue weighted by Crippen LogP contribution is -1.92. The molecule has 82 valence electrons. The van der Waals surface area contributed by atoms with Crippen molar-refractivity contribution in [1.82, 2.24) is 0 Å². The summed E-state index contributed by atoms with van der Waals surface area (Å²) in [6, 6.07) is 5.60. The summed E-state index contributed by atoms with van der Waals surface area (Å²) in [6.45, 7) is 1.77. The van der Waals surface area contributed by atoms with Gasteiger partial charge in [-0.15, -0.1) is 11.8 Å². The molecule has 1 rings (SSSR count). The van der Waals surface area contributed by atoms with Crippen LogP contribution in [0.4, 0.5) is 0 Å². The van der Waals surface area contributed by atoms with Gasteiger partial charge >= 0.3 is 0 Å². The molecular weight excluding hydrogens is 276 g/mol. The zero-order valence-corrected chi connectivity index (χ0v) is 10.9. The smallest absolute Gasteiger partial charge is 0.159 e. The Balaban J connectivity index is 2.70. The number of benzene rings is 1. The summed E-state index contributed by atoms with van der Waals surface area (Å²) < 4.78 is 0.943. The van der Waals surface area contributed by atoms with Crippen LogP contribution in [0.25, 0.3) is 0 Å². The van der Waals surface area contributed by atoms with Crippen molar-refractivity contribution in [3.8, 4) is 0 Å². The first-order valence-corrected chi connectivity index (χ1v) is 6.47. The van der Waals surface area contributed by atoms with Gasteiger partial charge in [0.05, 0.1) is 0 Å². The Morgan fingerprint density at radius 3 is 2.80 bits per heavy atom. The molecule has 4 heteroatoms. The number of hydrogen-bond acceptors (Lipinski definition) is 3. The normalized spacial score (nSPS) is 10.3. The lowest BCUT2D eigenvalue weighted by atomic mass is 10.2. The molecule has 1 N–H and O–H groups in total. The fraction of sp³-hybridized carbons (Fsp3) is 0.364. The highest BCUT2D eigenvalue weighted by Crippen LogP contribution is 2.28. The molecule has 0 unspecified atom stereocenters. The molecule has 0 fully saturated rings. The van der Waals surface area contributed by atoms with Gasteiger partial charge < -0.3 is 5.11 Å². The molecule has 0 bridgehead atoms. The molecule has 0 radical (unpaired) electrons. The molecule has 15 heavy (non-hydrogen) atoms. The Morgan fingerprint density at radius 2 is 2.27 bits per heavy atom. The van der Waals surface area contributed by atoms with E-state index in [4.69, 9.17) is 5.11 Å². The number of ketones is 1. The number of Topliss-reactive ketones (excluding diaryl/α,β-unsaturated/α-hetero) is 1. The second kappa shape index (κ2) is 6.30. The van der Waals surface area contributed by atoms with Gasteiger partial charge in [0.2, 0.25) is 0 Å². The van der Waals surface area contributed by atoms with E-state index in [2.05, 4.69) is 15.9 Å². The van der Waals surface area contributed by atoms with Crippen molar-refractivity contribution in [2.45, 2.75) is 18.2 Å². The highest BCUT2D eigenvalue weighted by atomic mass is 79.9. The van der Waals surface area contributed by atoms with Gasteiger partial charge in [-0.05, 0) is 41.4 Å². The van der Waals surface area contributed by atoms with Crippen LogP contribution in [0.2, 0.25) is 0 Å². The SMILES string of the molecule is CC(=O)c1ccc(SCCCO)c(Br)c1. The van der Waals surface area contributed by atoms with Crippen LogP contribution < -0.4 is 0 Å². The average Bonchev–Trinajstić information content (AvgIpc) is 2.20. The summed E-state index contributed by atoms with van der Waals surface area (Å²) in [4.78, 5) is 12.2. The minimum absolute atomic E-state index is 0.0719. The van der Waals surface area contributed by atoms with Crippen LogP contribution in [-0.2, 0) is 0 Å². The van der Waals surface area contributed by atoms with E-state index in [1.54, 1.807) is 18.7 Å². The predicted octanol–water partition coefficient (Wildman–Crippen LogP) is 3.13. The van der Waals surface area contributed by atoms with Gasteiger partial charge in [-0.2, -0.15) is 0 Å². The summed E-state index contributed by atoms with van der Waals surface area (Å²) >= 11 is 5.11. The van der Waals surface area contributed by atoms with Gasteiger partial charge in [0.25, 0.3) is 0 Å². The van der Waals surface area contributed by atoms with Crippen LogP contribution in [0.3, 0.4) is 0 Å². The van der Waals surface area contributed by atoms with Crippen molar-refractivity contribution in [2.75, 3.05) is 12.4 Å². The number of halogens is 1. The van der Waals surface area contributed by atoms with Crippen LogP contribution in [0.15, 0.2) is 27.6 Å². The Labute approximate surface area is 102 Å². The first-order chi connectivity index (χ1) is 7.15. The molecule has 0 atom stereocenters. The van der Waals surface area contributed by atoms with Crippen molar-refractivity contribution in [1.29, 1.82) is 0 Å². The highest BCUT2D eigenvalue weighted by molar-refractivity contribution is 9.10. The van der Waals surface area contributed by atoms with Crippen LogP contribution in [0.1, 0.15) is 23.7 Å². The molecule has 0 heterocycles. The van der Waals surface area contributed by atoms with Crippen LogP contribution in [-0.4, -0.2) is 23.2 Å². The van der Waals surface area contributed by atoms with Crippen molar-refractivity contribution >= 4 is 33.5 Å². The molecule has 1 aromatic rings. The number of rotatable bonds is 5. The van der Waals surface area contributed by atoms with Crippen LogP contribution in [0.5, 0.6) is 0 Å². The van der Waals surface area contributed by atoms with Gasteiger partial charge in [-0.25, -0.2) is 0 Å². The fourth-order valence-electron chi connectivity index (χ4n) is 1.08. The van der Waals surface area contributed by atoms with E-state index < -0.39 is 0 Å². The zero-order valence-electron chi connectivity index (χ0n) is 8.50. The average molecular weight is 289 g/mol. The standard InChI is InChI=1S/C11H13BrO2S/c1-8(14)9-3-4-11(10(12)7-9)15-6-2-5-13/h3-4,7,13H,2,5-6H2,1H3. The fourth-order valence-corrected chi connectivity index (χ4v) is 2.66. The van der Waals surface area contributed by atoms with Gasteiger partial charge in [-0.3, -0.25) is 4.79 Å². The Kier molecular flexibility index (Phi) is 5.36. The third-order valence-electron chi connectivity index (χ3n) is 1.90. The summed E-state index contributed by atoms with van der Waals surface area (Å²) in [5, 5.41) is 8.66. The highest BCUT2D eigenvalue weighted by Gasteiger charge is 2.04. The van der Waals surface area contributed by atoms with Crippen molar-refractivity contribution < 1.29 is 9.90 Å². The van der Waals surface area contributed by atoms with E-state index in [0.717, 1.165) is 21.5 Å². The Hall–Kier alpha value is -0.320. The maximum Gasteiger partial charge on any atom is 0.159 e.